The Hall–Kier alpha value is -2.17. The van der Waals surface area contributed by atoms with E-state index in [2.05, 4.69) is 46.3 Å². The van der Waals surface area contributed by atoms with E-state index in [9.17, 15) is 4.79 Å². The average molecular weight is 337 g/mol. The van der Waals surface area contributed by atoms with Crippen molar-refractivity contribution >= 4 is 11.6 Å². The molecule has 0 aromatic heterocycles. The summed E-state index contributed by atoms with van der Waals surface area (Å²) in [6.07, 6.45) is 0. The van der Waals surface area contributed by atoms with Gasteiger partial charge in [0.05, 0.1) is 6.04 Å². The quantitative estimate of drug-likeness (QED) is 0.910. The number of nitrogens with zero attached hydrogens (tertiary/aromatic N) is 2. The van der Waals surface area contributed by atoms with E-state index in [1.807, 2.05) is 37.3 Å². The highest BCUT2D eigenvalue weighted by Crippen LogP contribution is 2.14. The zero-order valence-corrected chi connectivity index (χ0v) is 15.1. The summed E-state index contributed by atoms with van der Waals surface area (Å²) >= 11 is 0. The number of para-hydroxylation sites is 1. The van der Waals surface area contributed by atoms with Crippen molar-refractivity contribution in [1.29, 1.82) is 0 Å². The zero-order chi connectivity index (χ0) is 17.6. The molecule has 1 fully saturated rings. The number of nitrogens with one attached hydrogen (secondary N) is 1. The molecule has 0 bridgehead atoms. The van der Waals surface area contributed by atoms with Gasteiger partial charge in [-0.05, 0) is 37.1 Å². The van der Waals surface area contributed by atoms with Crippen molar-refractivity contribution in [2.45, 2.75) is 26.4 Å². The molecule has 1 unspecified atom stereocenters. The van der Waals surface area contributed by atoms with Crippen LogP contribution >= 0.6 is 0 Å². The highest BCUT2D eigenvalue weighted by Gasteiger charge is 2.25. The number of amides is 1. The Balaban J connectivity index is 1.50. The molecular formula is C21H27N3O. The molecule has 3 rings (SSSR count). The van der Waals surface area contributed by atoms with Crippen molar-refractivity contribution in [2.75, 3.05) is 31.5 Å². The Labute approximate surface area is 150 Å². The number of benzene rings is 2. The molecular weight excluding hydrogens is 310 g/mol. The topological polar surface area (TPSA) is 35.6 Å². The largest absolute Gasteiger partial charge is 0.325 e. The van der Waals surface area contributed by atoms with Gasteiger partial charge < -0.3 is 5.32 Å². The summed E-state index contributed by atoms with van der Waals surface area (Å²) in [5.74, 6) is 0.0681. The third-order valence-corrected chi connectivity index (χ3v) is 5.03. The molecule has 0 aliphatic carbocycles. The normalized spacial score (nSPS) is 17.2. The number of hydrogen-bond donors (Lipinski definition) is 1. The van der Waals surface area contributed by atoms with Crippen molar-refractivity contribution < 1.29 is 4.79 Å². The van der Waals surface area contributed by atoms with Crippen LogP contribution in [0.2, 0.25) is 0 Å². The standard InChI is InChI=1S/C21H27N3O/c1-17-8-6-7-9-19(17)16-23-12-14-24(15-13-23)18(2)21(25)22-20-10-4-3-5-11-20/h3-11,18H,12-16H2,1-2H3,(H,22,25). The van der Waals surface area contributed by atoms with Crippen LogP contribution < -0.4 is 5.32 Å². The van der Waals surface area contributed by atoms with E-state index >= 15 is 0 Å². The molecule has 2 aromatic rings. The van der Waals surface area contributed by atoms with E-state index < -0.39 is 0 Å². The fourth-order valence-electron chi connectivity index (χ4n) is 3.27. The third kappa shape index (κ3) is 4.68. The molecule has 1 N–H and O–H groups in total. The second-order valence-electron chi connectivity index (χ2n) is 6.77. The van der Waals surface area contributed by atoms with Gasteiger partial charge >= 0.3 is 0 Å². The van der Waals surface area contributed by atoms with Gasteiger partial charge in [0, 0.05) is 38.4 Å². The Morgan fingerprint density at radius 2 is 1.64 bits per heavy atom. The minimum atomic E-state index is -0.110. The van der Waals surface area contributed by atoms with Crippen LogP contribution in [0.4, 0.5) is 5.69 Å². The summed E-state index contributed by atoms with van der Waals surface area (Å²) in [5, 5.41) is 3.00. The Kier molecular flexibility index (Phi) is 5.84. The summed E-state index contributed by atoms with van der Waals surface area (Å²) in [6.45, 7) is 9.00. The molecule has 0 spiro atoms. The van der Waals surface area contributed by atoms with Crippen LogP contribution in [0.1, 0.15) is 18.1 Å². The molecule has 4 heteroatoms. The highest BCUT2D eigenvalue weighted by atomic mass is 16.2. The first-order chi connectivity index (χ1) is 12.1. The monoisotopic (exact) mass is 337 g/mol. The lowest BCUT2D eigenvalue weighted by Crippen LogP contribution is -2.52. The Morgan fingerprint density at radius 3 is 2.32 bits per heavy atom. The molecule has 0 saturated carbocycles. The maximum Gasteiger partial charge on any atom is 0.241 e. The first kappa shape index (κ1) is 17.6. The van der Waals surface area contributed by atoms with Crippen molar-refractivity contribution in [3.05, 3.63) is 65.7 Å². The number of carbonyl (C=O) groups excluding carboxylic acids is 1. The Bertz CT molecular complexity index is 693. The number of carbonyl (C=O) groups is 1. The van der Waals surface area contributed by atoms with Gasteiger partial charge in [0.25, 0.3) is 0 Å². The zero-order valence-electron chi connectivity index (χ0n) is 15.1. The molecule has 25 heavy (non-hydrogen) atoms. The summed E-state index contributed by atoms with van der Waals surface area (Å²) in [7, 11) is 0. The predicted molar refractivity (Wildman–Crippen MR) is 103 cm³/mol. The van der Waals surface area contributed by atoms with Gasteiger partial charge in [-0.3, -0.25) is 14.6 Å². The van der Waals surface area contributed by atoms with Gasteiger partial charge in [0.15, 0.2) is 0 Å². The molecule has 132 valence electrons. The first-order valence-electron chi connectivity index (χ1n) is 9.00. The molecule has 0 radical (unpaired) electrons. The highest BCUT2D eigenvalue weighted by molar-refractivity contribution is 5.94. The van der Waals surface area contributed by atoms with E-state index in [1.54, 1.807) is 0 Å². The van der Waals surface area contributed by atoms with Crippen molar-refractivity contribution in [1.82, 2.24) is 9.80 Å². The maximum absolute atomic E-state index is 12.5. The van der Waals surface area contributed by atoms with E-state index in [1.165, 1.54) is 11.1 Å². The van der Waals surface area contributed by atoms with E-state index in [0.717, 1.165) is 38.4 Å². The van der Waals surface area contributed by atoms with Crippen molar-refractivity contribution in [3.63, 3.8) is 0 Å². The number of rotatable bonds is 5. The Morgan fingerprint density at radius 1 is 1.00 bits per heavy atom. The van der Waals surface area contributed by atoms with Crippen molar-refractivity contribution in [2.24, 2.45) is 0 Å². The van der Waals surface area contributed by atoms with E-state index in [0.29, 0.717) is 0 Å². The molecule has 1 amide bonds. The lowest BCUT2D eigenvalue weighted by Gasteiger charge is -2.37. The number of aryl methyl sites for hydroxylation is 1. The average Bonchev–Trinajstić information content (AvgIpc) is 2.64. The predicted octanol–water partition coefficient (Wildman–Crippen LogP) is 3.14. The molecule has 1 aliphatic rings. The van der Waals surface area contributed by atoms with Crippen LogP contribution in [0.5, 0.6) is 0 Å². The van der Waals surface area contributed by atoms with Gasteiger partial charge in [-0.2, -0.15) is 0 Å². The maximum atomic E-state index is 12.5. The van der Waals surface area contributed by atoms with Crippen LogP contribution in [0.15, 0.2) is 54.6 Å². The van der Waals surface area contributed by atoms with Crippen molar-refractivity contribution in [3.8, 4) is 0 Å². The fourth-order valence-corrected chi connectivity index (χ4v) is 3.27. The summed E-state index contributed by atoms with van der Waals surface area (Å²) in [5.41, 5.74) is 3.60. The van der Waals surface area contributed by atoms with Crippen LogP contribution in [0, 0.1) is 6.92 Å². The molecule has 1 aliphatic heterocycles. The van der Waals surface area contributed by atoms with E-state index in [4.69, 9.17) is 0 Å². The fraction of sp³-hybridized carbons (Fsp3) is 0.381. The van der Waals surface area contributed by atoms with Gasteiger partial charge in [0.1, 0.15) is 0 Å². The number of piperazine rings is 1. The van der Waals surface area contributed by atoms with Crippen LogP contribution in [0.3, 0.4) is 0 Å². The molecule has 1 atom stereocenters. The smallest absolute Gasteiger partial charge is 0.241 e. The summed E-state index contributed by atoms with van der Waals surface area (Å²) in [6, 6.07) is 18.1. The van der Waals surface area contributed by atoms with Gasteiger partial charge in [-0.1, -0.05) is 42.5 Å². The number of anilines is 1. The second-order valence-corrected chi connectivity index (χ2v) is 6.77. The van der Waals surface area contributed by atoms with Gasteiger partial charge in [0.2, 0.25) is 5.91 Å². The third-order valence-electron chi connectivity index (χ3n) is 5.03. The summed E-state index contributed by atoms with van der Waals surface area (Å²) in [4.78, 5) is 17.2. The molecule has 1 heterocycles. The van der Waals surface area contributed by atoms with Crippen LogP contribution in [-0.4, -0.2) is 47.9 Å². The molecule has 1 saturated heterocycles. The molecule has 2 aromatic carbocycles. The van der Waals surface area contributed by atoms with E-state index in [-0.39, 0.29) is 11.9 Å². The number of hydrogen-bond acceptors (Lipinski definition) is 3. The van der Waals surface area contributed by atoms with Gasteiger partial charge in [-0.25, -0.2) is 0 Å². The van der Waals surface area contributed by atoms with Crippen LogP contribution in [-0.2, 0) is 11.3 Å². The minimum absolute atomic E-state index is 0.0681. The second kappa shape index (κ2) is 8.28. The lowest BCUT2D eigenvalue weighted by molar-refractivity contribution is -0.121. The summed E-state index contributed by atoms with van der Waals surface area (Å²) < 4.78 is 0. The lowest BCUT2D eigenvalue weighted by atomic mass is 10.1. The van der Waals surface area contributed by atoms with Crippen LogP contribution in [0.25, 0.3) is 0 Å². The SMILES string of the molecule is Cc1ccccc1CN1CCN(C(C)C(=O)Nc2ccccc2)CC1. The molecule has 4 nitrogen and oxygen atoms in total. The first-order valence-corrected chi connectivity index (χ1v) is 9.00. The minimum Gasteiger partial charge on any atom is -0.325 e. The van der Waals surface area contributed by atoms with Gasteiger partial charge in [-0.15, -0.1) is 0 Å².